The maximum Gasteiger partial charge on any atom is 0.318 e. The first-order valence-corrected chi connectivity index (χ1v) is 15.6. The number of carboxylic acids is 1. The smallest absolute Gasteiger partial charge is 0.318 e. The molecule has 3 fully saturated rings. The van der Waals surface area contributed by atoms with Crippen LogP contribution in [0, 0.1) is 0 Å². The highest BCUT2D eigenvalue weighted by Gasteiger charge is 2.46. The first-order valence-electron chi connectivity index (χ1n) is 13.8. The highest BCUT2D eigenvalue weighted by Crippen LogP contribution is 2.30. The van der Waals surface area contributed by atoms with Crippen molar-refractivity contribution in [1.29, 1.82) is 0 Å². The second kappa shape index (κ2) is 11.6. The van der Waals surface area contributed by atoms with Crippen LogP contribution in [0.5, 0.6) is 0 Å². The molecule has 10 nitrogen and oxygen atoms in total. The molecule has 3 saturated heterocycles. The molecule has 3 heterocycles. The number of carbonyl (C=O) groups excluding carboxylic acids is 2. The van der Waals surface area contributed by atoms with Gasteiger partial charge in [-0.2, -0.15) is 4.31 Å². The van der Waals surface area contributed by atoms with E-state index in [1.807, 2.05) is 4.90 Å². The molecule has 3 aliphatic heterocycles. The molecular weight excluding hydrogens is 556 g/mol. The van der Waals surface area contributed by atoms with Crippen molar-refractivity contribution in [3.05, 3.63) is 41.4 Å². The summed E-state index contributed by atoms with van der Waals surface area (Å²) in [7, 11) is -4.35. The Morgan fingerprint density at radius 1 is 1.02 bits per heavy atom. The summed E-state index contributed by atoms with van der Waals surface area (Å²) in [5, 5.41) is 11.4. The molecule has 2 aromatic rings. The van der Waals surface area contributed by atoms with E-state index < -0.39 is 40.5 Å². The molecule has 0 bridgehead atoms. The van der Waals surface area contributed by atoms with E-state index in [0.29, 0.717) is 17.0 Å². The summed E-state index contributed by atoms with van der Waals surface area (Å²) in [5.74, 6) is -2.06. The van der Waals surface area contributed by atoms with Crippen LogP contribution >= 0.6 is 11.6 Å². The molecule has 0 aromatic heterocycles. The zero-order chi connectivity index (χ0) is 28.6. The number of nitrogens with zero attached hydrogens (tertiary/aromatic N) is 4. The van der Waals surface area contributed by atoms with Crippen LogP contribution < -0.4 is 0 Å². The number of hydrogen-bond acceptors (Lipinski definition) is 6. The van der Waals surface area contributed by atoms with Crippen LogP contribution in [0.2, 0.25) is 5.02 Å². The predicted molar refractivity (Wildman–Crippen MR) is 150 cm³/mol. The second-order valence-electron chi connectivity index (χ2n) is 10.9. The third-order valence-electron chi connectivity index (χ3n) is 8.38. The number of aliphatic carboxylic acids is 1. The summed E-state index contributed by atoms with van der Waals surface area (Å²) in [5.41, 5.74) is 0. The Morgan fingerprint density at radius 2 is 1.73 bits per heavy atom. The minimum absolute atomic E-state index is 0.101. The van der Waals surface area contributed by atoms with Gasteiger partial charge in [0.2, 0.25) is 21.8 Å². The van der Waals surface area contributed by atoms with Crippen LogP contribution in [-0.4, -0.2) is 108 Å². The van der Waals surface area contributed by atoms with Gasteiger partial charge in [-0.1, -0.05) is 23.7 Å². The fourth-order valence-corrected chi connectivity index (χ4v) is 8.06. The molecule has 3 atom stereocenters. The van der Waals surface area contributed by atoms with Crippen molar-refractivity contribution in [3.8, 4) is 0 Å². The van der Waals surface area contributed by atoms with Crippen LogP contribution in [0.15, 0.2) is 41.3 Å². The van der Waals surface area contributed by atoms with Gasteiger partial charge in [-0.15, -0.1) is 0 Å². The van der Waals surface area contributed by atoms with Gasteiger partial charge in [0.25, 0.3) is 0 Å². The normalized spacial score (nSPS) is 23.0. The fraction of sp³-hybridized carbons (Fsp3) is 0.536. The molecule has 0 saturated carbocycles. The number of benzene rings is 2. The molecule has 0 aliphatic carbocycles. The van der Waals surface area contributed by atoms with Gasteiger partial charge in [-0.05, 0) is 87.2 Å². The Kier molecular flexibility index (Phi) is 8.37. The maximum atomic E-state index is 13.7. The monoisotopic (exact) mass is 590 g/mol. The summed E-state index contributed by atoms with van der Waals surface area (Å²) in [6.45, 7) is 4.54. The molecule has 0 spiro atoms. The molecular formula is C28H35ClN4O6S. The highest BCUT2D eigenvalue weighted by molar-refractivity contribution is 7.89. The molecule has 2 amide bonds. The minimum Gasteiger partial charge on any atom is -0.480 e. The molecule has 5 rings (SSSR count). The number of sulfonamides is 1. The Labute approximate surface area is 239 Å². The molecule has 2 unspecified atom stereocenters. The first-order chi connectivity index (χ1) is 19.1. The van der Waals surface area contributed by atoms with E-state index in [1.54, 1.807) is 31.2 Å². The van der Waals surface area contributed by atoms with E-state index in [4.69, 9.17) is 11.6 Å². The Hall–Kier alpha value is -2.73. The van der Waals surface area contributed by atoms with Crippen molar-refractivity contribution in [1.82, 2.24) is 19.0 Å². The minimum atomic E-state index is -4.35. The number of rotatable bonds is 9. The van der Waals surface area contributed by atoms with Crippen LogP contribution in [0.1, 0.15) is 39.0 Å². The summed E-state index contributed by atoms with van der Waals surface area (Å²) in [6, 6.07) is 7.60. The van der Waals surface area contributed by atoms with Gasteiger partial charge in [0.15, 0.2) is 0 Å². The van der Waals surface area contributed by atoms with Crippen molar-refractivity contribution >= 4 is 50.2 Å². The SMILES string of the molecule is CC(C(=O)N1CCC[C@H]1CN1CCCC1)N1CCC(N(CC(=O)O)S(=O)(=O)c2ccc3cc(Cl)ccc3c2)C1=O. The Balaban J connectivity index is 1.34. The zero-order valence-corrected chi connectivity index (χ0v) is 24.1. The molecule has 40 heavy (non-hydrogen) atoms. The Morgan fingerprint density at radius 3 is 2.45 bits per heavy atom. The topological polar surface area (TPSA) is 119 Å². The summed E-state index contributed by atoms with van der Waals surface area (Å²) >= 11 is 6.04. The lowest BCUT2D eigenvalue weighted by atomic mass is 10.1. The number of carboxylic acid groups (broad SMARTS) is 1. The van der Waals surface area contributed by atoms with E-state index in [9.17, 15) is 27.9 Å². The molecule has 2 aromatic carbocycles. The number of carbonyl (C=O) groups is 3. The van der Waals surface area contributed by atoms with Gasteiger partial charge in [0.1, 0.15) is 18.6 Å². The summed E-state index contributed by atoms with van der Waals surface area (Å²) in [4.78, 5) is 44.5. The van der Waals surface area contributed by atoms with Gasteiger partial charge < -0.3 is 19.8 Å². The molecule has 3 aliphatic rings. The average Bonchev–Trinajstić information content (AvgIpc) is 3.68. The zero-order valence-electron chi connectivity index (χ0n) is 22.5. The Bertz CT molecular complexity index is 1410. The van der Waals surface area contributed by atoms with Crippen LogP contribution in [-0.2, 0) is 24.4 Å². The quantitative estimate of drug-likeness (QED) is 0.477. The standard InChI is InChI=1S/C28H35ClN4O6S/c1-19(27(36)32-13-4-5-23(32)17-30-11-2-3-12-30)31-14-10-25(28(31)37)33(18-26(34)35)40(38,39)24-9-7-20-15-22(29)8-6-21(20)16-24/h6-9,15-16,19,23,25H,2-5,10-14,17-18H2,1H3,(H,34,35)/t19?,23-,25?/m0/s1. The predicted octanol–water partition coefficient (Wildman–Crippen LogP) is 2.64. The highest BCUT2D eigenvalue weighted by atomic mass is 35.5. The third-order valence-corrected chi connectivity index (χ3v) is 10.5. The van der Waals surface area contributed by atoms with Crippen molar-refractivity contribution in [3.63, 3.8) is 0 Å². The number of likely N-dealkylation sites (tertiary alicyclic amines) is 3. The molecule has 0 radical (unpaired) electrons. The van der Waals surface area contributed by atoms with Crippen molar-refractivity contribution in [2.45, 2.75) is 62.0 Å². The summed E-state index contributed by atoms with van der Waals surface area (Å²) < 4.78 is 28.2. The number of halogens is 1. The van der Waals surface area contributed by atoms with E-state index >= 15 is 0 Å². The summed E-state index contributed by atoms with van der Waals surface area (Å²) in [6.07, 6.45) is 4.28. The lowest BCUT2D eigenvalue weighted by Gasteiger charge is -2.33. The molecule has 12 heteroatoms. The number of amides is 2. The lowest BCUT2D eigenvalue weighted by molar-refractivity contribution is -0.145. The van der Waals surface area contributed by atoms with Crippen LogP contribution in [0.3, 0.4) is 0 Å². The van der Waals surface area contributed by atoms with Crippen molar-refractivity contribution in [2.24, 2.45) is 0 Å². The van der Waals surface area contributed by atoms with Crippen LogP contribution in [0.4, 0.5) is 0 Å². The third kappa shape index (κ3) is 5.70. The number of hydrogen-bond donors (Lipinski definition) is 1. The van der Waals surface area contributed by atoms with Crippen LogP contribution in [0.25, 0.3) is 10.8 Å². The van der Waals surface area contributed by atoms with E-state index in [0.717, 1.165) is 42.2 Å². The van der Waals surface area contributed by atoms with E-state index in [2.05, 4.69) is 4.90 Å². The fourth-order valence-electron chi connectivity index (χ4n) is 6.28. The average molecular weight is 591 g/mol. The largest absolute Gasteiger partial charge is 0.480 e. The van der Waals surface area contributed by atoms with Crippen molar-refractivity contribution in [2.75, 3.05) is 39.3 Å². The van der Waals surface area contributed by atoms with Gasteiger partial charge in [-0.25, -0.2) is 8.42 Å². The van der Waals surface area contributed by atoms with Gasteiger partial charge in [0, 0.05) is 30.7 Å². The van der Waals surface area contributed by atoms with Gasteiger partial charge in [0.05, 0.1) is 4.90 Å². The molecule has 216 valence electrons. The van der Waals surface area contributed by atoms with E-state index in [1.165, 1.54) is 29.9 Å². The first kappa shape index (κ1) is 28.8. The van der Waals surface area contributed by atoms with E-state index in [-0.39, 0.29) is 29.8 Å². The maximum absolute atomic E-state index is 13.7. The van der Waals surface area contributed by atoms with Crippen molar-refractivity contribution < 1.29 is 27.9 Å². The number of fused-ring (bicyclic) bond motifs is 1. The second-order valence-corrected chi connectivity index (χ2v) is 13.3. The van der Waals surface area contributed by atoms with Gasteiger partial charge in [-0.3, -0.25) is 14.4 Å². The van der Waals surface area contributed by atoms with Gasteiger partial charge >= 0.3 is 5.97 Å². The molecule has 1 N–H and O–H groups in total. The lowest BCUT2D eigenvalue weighted by Crippen LogP contribution is -2.53.